The van der Waals surface area contributed by atoms with Crippen molar-refractivity contribution in [3.63, 3.8) is 0 Å². The highest BCUT2D eigenvalue weighted by Gasteiger charge is 2.34. The van der Waals surface area contributed by atoms with Crippen LogP contribution in [0.15, 0.2) is 29.2 Å². The zero-order valence-corrected chi connectivity index (χ0v) is 16.7. The van der Waals surface area contributed by atoms with E-state index in [1.54, 1.807) is 12.1 Å². The summed E-state index contributed by atoms with van der Waals surface area (Å²) in [5.41, 5.74) is 0. The maximum atomic E-state index is 12.8. The molecule has 1 atom stereocenters. The van der Waals surface area contributed by atoms with E-state index in [0.717, 1.165) is 38.0 Å². The molecule has 1 aromatic carbocycles. The molecule has 0 aromatic heterocycles. The highest BCUT2D eigenvalue weighted by atomic mass is 35.5. The third-order valence-corrected chi connectivity index (χ3v) is 7.70. The molecule has 0 bridgehead atoms. The number of hydrogen-bond donors (Lipinski definition) is 1. The number of carbonyl (C=O) groups is 1. The van der Waals surface area contributed by atoms with Crippen LogP contribution in [0.2, 0.25) is 5.02 Å². The van der Waals surface area contributed by atoms with Crippen LogP contribution in [-0.2, 0) is 14.8 Å². The molecule has 3 rings (SSSR count). The molecule has 0 radical (unpaired) electrons. The summed E-state index contributed by atoms with van der Waals surface area (Å²) < 4.78 is 27.1. The summed E-state index contributed by atoms with van der Waals surface area (Å²) >= 11 is 5.85. The molecule has 2 aliphatic rings. The minimum absolute atomic E-state index is 0.000518. The van der Waals surface area contributed by atoms with Gasteiger partial charge in [-0.3, -0.25) is 4.79 Å². The van der Waals surface area contributed by atoms with Gasteiger partial charge in [-0.1, -0.05) is 18.5 Å². The molecular formula is C19H27ClN2O3S. The molecule has 0 spiro atoms. The SMILES string of the molecule is CC1CCC(NC(=O)[C@H]2CCCN(S(=O)(=O)c3ccc(Cl)cc3)C2)CC1. The van der Waals surface area contributed by atoms with Gasteiger partial charge in [0.05, 0.1) is 10.8 Å². The number of halogens is 1. The van der Waals surface area contributed by atoms with Gasteiger partial charge >= 0.3 is 0 Å². The predicted octanol–water partition coefficient (Wildman–Crippen LogP) is 3.44. The Kier molecular flexibility index (Phi) is 6.25. The molecule has 1 aliphatic carbocycles. The number of nitrogens with zero attached hydrogens (tertiary/aromatic N) is 1. The molecular weight excluding hydrogens is 372 g/mol. The second-order valence-corrected chi connectivity index (χ2v) is 10.00. The van der Waals surface area contributed by atoms with E-state index in [-0.39, 0.29) is 29.3 Å². The fourth-order valence-corrected chi connectivity index (χ4v) is 5.50. The van der Waals surface area contributed by atoms with Crippen molar-refractivity contribution in [3.05, 3.63) is 29.3 Å². The Hall–Kier alpha value is -1.11. The first-order valence-corrected chi connectivity index (χ1v) is 11.2. The Morgan fingerprint density at radius 1 is 1.12 bits per heavy atom. The van der Waals surface area contributed by atoms with Gasteiger partial charge in [0.1, 0.15) is 0 Å². The Labute approximate surface area is 161 Å². The molecule has 5 nitrogen and oxygen atoms in total. The van der Waals surface area contributed by atoms with Crippen molar-refractivity contribution in [2.45, 2.75) is 56.4 Å². The van der Waals surface area contributed by atoms with Crippen molar-refractivity contribution in [1.29, 1.82) is 0 Å². The van der Waals surface area contributed by atoms with E-state index in [1.165, 1.54) is 16.4 Å². The molecule has 1 saturated heterocycles. The molecule has 1 saturated carbocycles. The van der Waals surface area contributed by atoms with Gasteiger partial charge in [0.2, 0.25) is 15.9 Å². The van der Waals surface area contributed by atoms with Crippen molar-refractivity contribution in [2.24, 2.45) is 11.8 Å². The van der Waals surface area contributed by atoms with E-state index in [4.69, 9.17) is 11.6 Å². The molecule has 0 unspecified atom stereocenters. The van der Waals surface area contributed by atoms with Crippen molar-refractivity contribution < 1.29 is 13.2 Å². The van der Waals surface area contributed by atoms with E-state index < -0.39 is 10.0 Å². The van der Waals surface area contributed by atoms with Crippen LogP contribution in [0.3, 0.4) is 0 Å². The first-order valence-electron chi connectivity index (χ1n) is 9.42. The first kappa shape index (κ1) is 19.6. The fraction of sp³-hybridized carbons (Fsp3) is 0.632. The van der Waals surface area contributed by atoms with Gasteiger partial charge in [-0.25, -0.2) is 8.42 Å². The van der Waals surface area contributed by atoms with Gasteiger partial charge in [-0.15, -0.1) is 0 Å². The summed E-state index contributed by atoms with van der Waals surface area (Å²) in [6.07, 6.45) is 5.77. The zero-order valence-electron chi connectivity index (χ0n) is 15.2. The maximum absolute atomic E-state index is 12.8. The Bertz CT molecular complexity index is 728. The third kappa shape index (κ3) is 4.59. The topological polar surface area (TPSA) is 66.5 Å². The molecule has 26 heavy (non-hydrogen) atoms. The number of carbonyl (C=O) groups excluding carboxylic acids is 1. The van der Waals surface area contributed by atoms with Crippen molar-refractivity contribution in [2.75, 3.05) is 13.1 Å². The van der Waals surface area contributed by atoms with Gasteiger partial charge in [-0.05, 0) is 68.7 Å². The standard InChI is InChI=1S/C19H27ClN2O3S/c1-14-4-8-17(9-5-14)21-19(23)15-3-2-12-22(13-15)26(24,25)18-10-6-16(20)7-11-18/h6-7,10-11,14-15,17H,2-5,8-9,12-13H2,1H3,(H,21,23)/t14?,15-,17?/m0/s1. The second-order valence-electron chi connectivity index (χ2n) is 7.62. The summed E-state index contributed by atoms with van der Waals surface area (Å²) in [5, 5.41) is 3.65. The van der Waals surface area contributed by atoms with E-state index >= 15 is 0 Å². The summed E-state index contributed by atoms with van der Waals surface area (Å²) in [6, 6.07) is 6.43. The lowest BCUT2D eigenvalue weighted by Crippen LogP contribution is -2.48. The minimum Gasteiger partial charge on any atom is -0.353 e. The van der Waals surface area contributed by atoms with E-state index in [0.29, 0.717) is 18.0 Å². The van der Waals surface area contributed by atoms with Gasteiger partial charge < -0.3 is 5.32 Å². The highest BCUT2D eigenvalue weighted by Crippen LogP contribution is 2.27. The lowest BCUT2D eigenvalue weighted by molar-refractivity contribution is -0.127. The quantitative estimate of drug-likeness (QED) is 0.844. The minimum atomic E-state index is -3.59. The summed E-state index contributed by atoms with van der Waals surface area (Å²) in [6.45, 7) is 2.95. The first-order chi connectivity index (χ1) is 12.4. The maximum Gasteiger partial charge on any atom is 0.243 e. The number of benzene rings is 1. The Morgan fingerprint density at radius 3 is 2.42 bits per heavy atom. The van der Waals surface area contributed by atoms with Gasteiger partial charge in [0, 0.05) is 24.2 Å². The largest absolute Gasteiger partial charge is 0.353 e. The Morgan fingerprint density at radius 2 is 1.77 bits per heavy atom. The van der Waals surface area contributed by atoms with Crippen molar-refractivity contribution >= 4 is 27.5 Å². The molecule has 1 heterocycles. The van der Waals surface area contributed by atoms with Gasteiger partial charge in [-0.2, -0.15) is 4.31 Å². The molecule has 1 N–H and O–H groups in total. The van der Waals surface area contributed by atoms with E-state index in [2.05, 4.69) is 12.2 Å². The van der Waals surface area contributed by atoms with Crippen LogP contribution in [-0.4, -0.2) is 37.8 Å². The lowest BCUT2D eigenvalue weighted by Gasteiger charge is -2.33. The molecule has 144 valence electrons. The molecule has 1 aliphatic heterocycles. The number of rotatable bonds is 4. The number of amides is 1. The average Bonchev–Trinajstić information content (AvgIpc) is 2.64. The smallest absolute Gasteiger partial charge is 0.243 e. The van der Waals surface area contributed by atoms with Crippen LogP contribution in [0.4, 0.5) is 0 Å². The number of nitrogens with one attached hydrogen (secondary N) is 1. The predicted molar refractivity (Wildman–Crippen MR) is 102 cm³/mol. The number of sulfonamides is 1. The molecule has 1 amide bonds. The third-order valence-electron chi connectivity index (χ3n) is 5.57. The highest BCUT2D eigenvalue weighted by molar-refractivity contribution is 7.89. The van der Waals surface area contributed by atoms with Gasteiger partial charge in [0.25, 0.3) is 0 Å². The molecule has 2 fully saturated rings. The van der Waals surface area contributed by atoms with Crippen LogP contribution < -0.4 is 5.32 Å². The summed E-state index contributed by atoms with van der Waals surface area (Å²) in [4.78, 5) is 12.9. The molecule has 7 heteroatoms. The normalized spacial score (nSPS) is 27.8. The van der Waals surface area contributed by atoms with Crippen LogP contribution in [0, 0.1) is 11.8 Å². The van der Waals surface area contributed by atoms with Crippen LogP contribution in [0.5, 0.6) is 0 Å². The zero-order chi connectivity index (χ0) is 18.7. The van der Waals surface area contributed by atoms with Crippen molar-refractivity contribution in [1.82, 2.24) is 9.62 Å². The summed E-state index contributed by atoms with van der Waals surface area (Å²) in [5.74, 6) is 0.462. The number of hydrogen-bond acceptors (Lipinski definition) is 3. The summed E-state index contributed by atoms with van der Waals surface area (Å²) in [7, 11) is -3.59. The monoisotopic (exact) mass is 398 g/mol. The average molecular weight is 399 g/mol. The van der Waals surface area contributed by atoms with Crippen LogP contribution >= 0.6 is 11.6 Å². The number of piperidine rings is 1. The van der Waals surface area contributed by atoms with Crippen LogP contribution in [0.1, 0.15) is 45.4 Å². The molecule has 1 aromatic rings. The van der Waals surface area contributed by atoms with E-state index in [1.807, 2.05) is 0 Å². The van der Waals surface area contributed by atoms with Gasteiger partial charge in [0.15, 0.2) is 0 Å². The fourth-order valence-electron chi connectivity index (χ4n) is 3.85. The van der Waals surface area contributed by atoms with E-state index in [9.17, 15) is 13.2 Å². The Balaban J connectivity index is 1.63. The lowest BCUT2D eigenvalue weighted by atomic mass is 9.87. The van der Waals surface area contributed by atoms with Crippen molar-refractivity contribution in [3.8, 4) is 0 Å². The van der Waals surface area contributed by atoms with Crippen LogP contribution in [0.25, 0.3) is 0 Å². The second kappa shape index (κ2) is 8.28.